The van der Waals surface area contributed by atoms with E-state index in [0.29, 0.717) is 6.54 Å². The van der Waals surface area contributed by atoms with Crippen LogP contribution in [0.1, 0.15) is 11.3 Å². The minimum Gasteiger partial charge on any atom is -0.370 e. The van der Waals surface area contributed by atoms with Crippen molar-refractivity contribution in [3.05, 3.63) is 52.5 Å². The lowest BCUT2D eigenvalue weighted by Gasteiger charge is -2.28. The van der Waals surface area contributed by atoms with Gasteiger partial charge >= 0.3 is 0 Å². The smallest absolute Gasteiger partial charge is 0.244 e. The van der Waals surface area contributed by atoms with Gasteiger partial charge in [0.15, 0.2) is 0 Å². The molecule has 0 radical (unpaired) electrons. The molecule has 0 spiro atoms. The van der Waals surface area contributed by atoms with Crippen molar-refractivity contribution in [1.29, 1.82) is 0 Å². The number of nitrogens with zero attached hydrogens (tertiary/aromatic N) is 2. The number of carbonyl (C=O) groups is 1. The quantitative estimate of drug-likeness (QED) is 0.846. The van der Waals surface area contributed by atoms with Crippen molar-refractivity contribution in [3.8, 4) is 0 Å². The van der Waals surface area contributed by atoms with Gasteiger partial charge in [-0.25, -0.2) is 4.98 Å². The van der Waals surface area contributed by atoms with E-state index in [1.165, 1.54) is 34.6 Å². The number of benzene rings is 1. The highest BCUT2D eigenvalue weighted by Gasteiger charge is 2.10. The number of thiazole rings is 1. The van der Waals surface area contributed by atoms with Crippen molar-refractivity contribution in [2.24, 2.45) is 0 Å². The largest absolute Gasteiger partial charge is 0.370 e. The first kappa shape index (κ1) is 16.1. The second-order valence-electron chi connectivity index (χ2n) is 5.23. The molecule has 0 bridgehead atoms. The number of nitrogens with one attached hydrogen (secondary N) is 1. The molecule has 23 heavy (non-hydrogen) atoms. The third-order valence-electron chi connectivity index (χ3n) is 3.64. The van der Waals surface area contributed by atoms with Crippen LogP contribution >= 0.6 is 23.1 Å². The average Bonchev–Trinajstić information content (AvgIpc) is 3.13. The van der Waals surface area contributed by atoms with Crippen LogP contribution in [0.15, 0.2) is 41.2 Å². The molecular formula is C17H19N3OS2. The van der Waals surface area contributed by atoms with Gasteiger partial charge in [0.05, 0.1) is 11.2 Å². The summed E-state index contributed by atoms with van der Waals surface area (Å²) in [5.41, 5.74) is 4.94. The zero-order valence-electron chi connectivity index (χ0n) is 12.8. The van der Waals surface area contributed by atoms with E-state index in [1.54, 1.807) is 11.6 Å². The summed E-state index contributed by atoms with van der Waals surface area (Å²) in [6.07, 6.45) is 3.25. The molecule has 1 aliphatic rings. The molecule has 2 aromatic rings. The fraction of sp³-hybridized carbons (Fsp3) is 0.294. The minimum atomic E-state index is -0.102. The van der Waals surface area contributed by atoms with E-state index in [2.05, 4.69) is 39.5 Å². The number of anilines is 1. The molecule has 120 valence electrons. The molecule has 1 aromatic heterocycles. The molecule has 1 saturated heterocycles. The standard InChI is InChI=1S/C17H19N3OS2/c21-17(6-3-15-12-23-13-19-15)18-11-14-1-4-16(5-2-14)20-7-9-22-10-8-20/h1-6,12-13H,7-11H2,(H,18,21). The van der Waals surface area contributed by atoms with Gasteiger partial charge in [0.2, 0.25) is 5.91 Å². The third-order valence-corrected chi connectivity index (χ3v) is 5.18. The molecule has 0 saturated carbocycles. The molecule has 1 fully saturated rings. The van der Waals surface area contributed by atoms with Gasteiger partial charge in [0.25, 0.3) is 0 Å². The maximum atomic E-state index is 11.8. The molecular weight excluding hydrogens is 326 g/mol. The Morgan fingerprint density at radius 1 is 1.26 bits per heavy atom. The maximum absolute atomic E-state index is 11.8. The van der Waals surface area contributed by atoms with Gasteiger partial charge < -0.3 is 10.2 Å². The predicted octanol–water partition coefficient (Wildman–Crippen LogP) is 3.03. The minimum absolute atomic E-state index is 0.102. The van der Waals surface area contributed by atoms with Gasteiger partial charge in [-0.05, 0) is 23.8 Å². The van der Waals surface area contributed by atoms with Crippen molar-refractivity contribution < 1.29 is 4.79 Å². The summed E-state index contributed by atoms with van der Waals surface area (Å²) in [5, 5.41) is 4.80. The lowest BCUT2D eigenvalue weighted by Crippen LogP contribution is -2.32. The highest BCUT2D eigenvalue weighted by Crippen LogP contribution is 2.19. The highest BCUT2D eigenvalue weighted by molar-refractivity contribution is 7.99. The Balaban J connectivity index is 1.49. The normalized spacial score (nSPS) is 15.0. The maximum Gasteiger partial charge on any atom is 0.244 e. The number of hydrogen-bond acceptors (Lipinski definition) is 5. The Bertz CT molecular complexity index is 647. The lowest BCUT2D eigenvalue weighted by atomic mass is 10.2. The summed E-state index contributed by atoms with van der Waals surface area (Å²) in [5.74, 6) is 2.29. The van der Waals surface area contributed by atoms with Crippen LogP contribution in [0.4, 0.5) is 5.69 Å². The molecule has 3 rings (SSSR count). The van der Waals surface area contributed by atoms with E-state index in [1.807, 2.05) is 17.1 Å². The first-order valence-corrected chi connectivity index (χ1v) is 9.67. The van der Waals surface area contributed by atoms with Crippen molar-refractivity contribution in [1.82, 2.24) is 10.3 Å². The van der Waals surface area contributed by atoms with E-state index >= 15 is 0 Å². The van der Waals surface area contributed by atoms with Crippen LogP contribution in [0, 0.1) is 0 Å². The van der Waals surface area contributed by atoms with Crippen LogP contribution in [-0.2, 0) is 11.3 Å². The summed E-state index contributed by atoms with van der Waals surface area (Å²) in [6.45, 7) is 2.76. The van der Waals surface area contributed by atoms with E-state index in [0.717, 1.165) is 24.3 Å². The van der Waals surface area contributed by atoms with Gasteiger partial charge in [-0.1, -0.05) is 12.1 Å². The monoisotopic (exact) mass is 345 g/mol. The second kappa shape index (κ2) is 8.17. The fourth-order valence-electron chi connectivity index (χ4n) is 2.36. The number of rotatable bonds is 5. The topological polar surface area (TPSA) is 45.2 Å². The lowest BCUT2D eigenvalue weighted by molar-refractivity contribution is -0.116. The van der Waals surface area contributed by atoms with E-state index in [-0.39, 0.29) is 5.91 Å². The van der Waals surface area contributed by atoms with Crippen LogP contribution in [0.25, 0.3) is 6.08 Å². The number of carbonyl (C=O) groups excluding carboxylic acids is 1. The molecule has 1 amide bonds. The van der Waals surface area contributed by atoms with Crippen LogP contribution < -0.4 is 10.2 Å². The van der Waals surface area contributed by atoms with Crippen LogP contribution in [0.2, 0.25) is 0 Å². The number of aromatic nitrogens is 1. The fourth-order valence-corrected chi connectivity index (χ4v) is 3.78. The van der Waals surface area contributed by atoms with Gasteiger partial charge in [0.1, 0.15) is 0 Å². The average molecular weight is 345 g/mol. The number of thioether (sulfide) groups is 1. The van der Waals surface area contributed by atoms with E-state index in [9.17, 15) is 4.79 Å². The van der Waals surface area contributed by atoms with Gasteiger partial charge in [-0.2, -0.15) is 11.8 Å². The Labute approximate surface area is 144 Å². The van der Waals surface area contributed by atoms with Crippen molar-refractivity contribution in [2.45, 2.75) is 6.54 Å². The molecule has 0 atom stereocenters. The Hall–Kier alpha value is -1.79. The summed E-state index contributed by atoms with van der Waals surface area (Å²) >= 11 is 3.53. The SMILES string of the molecule is O=C(C=Cc1cscn1)NCc1ccc(N2CCSCC2)cc1. The van der Waals surface area contributed by atoms with Crippen LogP contribution in [0.5, 0.6) is 0 Å². The summed E-state index contributed by atoms with van der Waals surface area (Å²) in [4.78, 5) is 18.3. The van der Waals surface area contributed by atoms with E-state index < -0.39 is 0 Å². The summed E-state index contributed by atoms with van der Waals surface area (Å²) in [7, 11) is 0. The molecule has 0 aliphatic carbocycles. The molecule has 6 heteroatoms. The summed E-state index contributed by atoms with van der Waals surface area (Å²) in [6, 6.07) is 8.45. The van der Waals surface area contributed by atoms with Gasteiger partial charge in [-0.3, -0.25) is 4.79 Å². The second-order valence-corrected chi connectivity index (χ2v) is 7.17. The molecule has 1 aliphatic heterocycles. The molecule has 1 N–H and O–H groups in total. The Morgan fingerprint density at radius 2 is 2.04 bits per heavy atom. The van der Waals surface area contributed by atoms with Crippen molar-refractivity contribution >= 4 is 40.8 Å². The van der Waals surface area contributed by atoms with Gasteiger partial charge in [-0.15, -0.1) is 11.3 Å². The van der Waals surface area contributed by atoms with Crippen LogP contribution in [-0.4, -0.2) is 35.5 Å². The third kappa shape index (κ3) is 4.84. The number of amides is 1. The van der Waals surface area contributed by atoms with Crippen molar-refractivity contribution in [3.63, 3.8) is 0 Å². The van der Waals surface area contributed by atoms with E-state index in [4.69, 9.17) is 0 Å². The Morgan fingerprint density at radius 3 is 2.74 bits per heavy atom. The Kier molecular flexibility index (Phi) is 5.71. The summed E-state index contributed by atoms with van der Waals surface area (Å²) < 4.78 is 0. The molecule has 4 nitrogen and oxygen atoms in total. The van der Waals surface area contributed by atoms with Gasteiger partial charge in [0, 0.05) is 48.3 Å². The first-order chi connectivity index (χ1) is 11.3. The molecule has 1 aromatic carbocycles. The number of hydrogen-bond donors (Lipinski definition) is 1. The zero-order valence-corrected chi connectivity index (χ0v) is 14.4. The zero-order chi connectivity index (χ0) is 15.9. The first-order valence-electron chi connectivity index (χ1n) is 7.57. The van der Waals surface area contributed by atoms with Crippen molar-refractivity contribution in [2.75, 3.05) is 29.5 Å². The molecule has 0 unspecified atom stereocenters. The highest BCUT2D eigenvalue weighted by atomic mass is 32.2. The molecule has 2 heterocycles. The predicted molar refractivity (Wildman–Crippen MR) is 99.0 cm³/mol. The van der Waals surface area contributed by atoms with Crippen LogP contribution in [0.3, 0.4) is 0 Å².